The molecule has 1 fully saturated rings. The Morgan fingerprint density at radius 3 is 2.86 bits per heavy atom. The third-order valence-corrected chi connectivity index (χ3v) is 4.50. The van der Waals surface area contributed by atoms with E-state index in [9.17, 15) is 4.79 Å². The topological polar surface area (TPSA) is 47.6 Å². The number of amides is 1. The van der Waals surface area contributed by atoms with Crippen LogP contribution in [0.1, 0.15) is 5.56 Å². The summed E-state index contributed by atoms with van der Waals surface area (Å²) in [6.45, 7) is 4.03. The molecule has 1 saturated heterocycles. The Balaban J connectivity index is 2.36. The van der Waals surface area contributed by atoms with Crippen LogP contribution >= 0.6 is 46.6 Å². The number of methoxy groups -OCH3 is 1. The van der Waals surface area contributed by atoms with E-state index < -0.39 is 0 Å². The molecule has 1 aliphatic rings. The lowest BCUT2D eigenvalue weighted by atomic mass is 10.2. The van der Waals surface area contributed by atoms with Gasteiger partial charge < -0.3 is 14.8 Å². The lowest BCUT2D eigenvalue weighted by Crippen LogP contribution is -2.17. The van der Waals surface area contributed by atoms with Crippen molar-refractivity contribution in [1.82, 2.24) is 5.32 Å². The van der Waals surface area contributed by atoms with E-state index in [-0.39, 0.29) is 5.91 Å². The first-order valence-electron chi connectivity index (χ1n) is 5.91. The van der Waals surface area contributed by atoms with Crippen molar-refractivity contribution in [3.05, 3.63) is 38.8 Å². The molecule has 0 saturated carbocycles. The Morgan fingerprint density at radius 2 is 2.29 bits per heavy atom. The molecular formula is C14H12INO3S2. The summed E-state index contributed by atoms with van der Waals surface area (Å²) in [7, 11) is 1.58. The van der Waals surface area contributed by atoms with Gasteiger partial charge in [-0.15, -0.1) is 0 Å². The maximum atomic E-state index is 11.7. The molecule has 4 nitrogen and oxygen atoms in total. The van der Waals surface area contributed by atoms with Crippen LogP contribution in [0.2, 0.25) is 0 Å². The van der Waals surface area contributed by atoms with E-state index in [2.05, 4.69) is 34.5 Å². The van der Waals surface area contributed by atoms with Gasteiger partial charge in [0.1, 0.15) is 10.9 Å². The first-order chi connectivity index (χ1) is 10.0. The summed E-state index contributed by atoms with van der Waals surface area (Å²) in [6, 6.07) is 3.74. The highest BCUT2D eigenvalue weighted by molar-refractivity contribution is 14.1. The summed E-state index contributed by atoms with van der Waals surface area (Å²) in [6.07, 6.45) is 3.45. The summed E-state index contributed by atoms with van der Waals surface area (Å²) >= 11 is 8.39. The van der Waals surface area contributed by atoms with Gasteiger partial charge in [0, 0.05) is 0 Å². The minimum atomic E-state index is -0.175. The average molecular weight is 433 g/mol. The van der Waals surface area contributed by atoms with Gasteiger partial charge in [0.25, 0.3) is 5.91 Å². The number of thioether (sulfide) groups is 1. The molecule has 1 aromatic carbocycles. The van der Waals surface area contributed by atoms with E-state index in [0.717, 1.165) is 9.13 Å². The second kappa shape index (κ2) is 7.28. The van der Waals surface area contributed by atoms with Crippen LogP contribution in [0.5, 0.6) is 11.5 Å². The molecule has 7 heteroatoms. The van der Waals surface area contributed by atoms with Crippen LogP contribution in [0.25, 0.3) is 6.08 Å². The number of nitrogens with one attached hydrogen (secondary N) is 1. The van der Waals surface area contributed by atoms with E-state index in [4.69, 9.17) is 21.7 Å². The van der Waals surface area contributed by atoms with Gasteiger partial charge in [-0.3, -0.25) is 4.79 Å². The molecule has 1 aromatic rings. The summed E-state index contributed by atoms with van der Waals surface area (Å²) in [5.74, 6) is 1.10. The third kappa shape index (κ3) is 3.98. The van der Waals surface area contributed by atoms with Crippen LogP contribution in [0.4, 0.5) is 0 Å². The summed E-state index contributed by atoms with van der Waals surface area (Å²) in [4.78, 5) is 12.2. The summed E-state index contributed by atoms with van der Waals surface area (Å²) in [5.41, 5.74) is 0.851. The number of benzene rings is 1. The van der Waals surface area contributed by atoms with Crippen LogP contribution in [-0.4, -0.2) is 23.9 Å². The van der Waals surface area contributed by atoms with Gasteiger partial charge in [0.15, 0.2) is 11.5 Å². The van der Waals surface area contributed by atoms with Crippen molar-refractivity contribution in [2.75, 3.05) is 13.7 Å². The molecule has 0 spiro atoms. The zero-order valence-electron chi connectivity index (χ0n) is 11.1. The van der Waals surface area contributed by atoms with Gasteiger partial charge >= 0.3 is 0 Å². The van der Waals surface area contributed by atoms with Gasteiger partial charge in [-0.05, 0) is 46.4 Å². The largest absolute Gasteiger partial charge is 0.493 e. The molecule has 1 aliphatic heterocycles. The first-order valence-corrected chi connectivity index (χ1v) is 8.21. The third-order valence-electron chi connectivity index (χ3n) is 2.54. The van der Waals surface area contributed by atoms with Gasteiger partial charge in [-0.2, -0.15) is 0 Å². The van der Waals surface area contributed by atoms with Crippen molar-refractivity contribution in [2.24, 2.45) is 0 Å². The average Bonchev–Trinajstić information content (AvgIpc) is 2.75. The number of carbonyl (C=O) groups excluding carboxylic acids is 1. The Bertz CT molecular complexity index is 643. The minimum absolute atomic E-state index is 0.175. The predicted molar refractivity (Wildman–Crippen MR) is 97.7 cm³/mol. The smallest absolute Gasteiger partial charge is 0.263 e. The van der Waals surface area contributed by atoms with Crippen molar-refractivity contribution >= 4 is 62.9 Å². The molecular weight excluding hydrogens is 421 g/mol. The molecule has 110 valence electrons. The maximum absolute atomic E-state index is 11.7. The number of hydrogen-bond donors (Lipinski definition) is 1. The lowest BCUT2D eigenvalue weighted by Gasteiger charge is -2.12. The molecule has 21 heavy (non-hydrogen) atoms. The van der Waals surface area contributed by atoms with Crippen LogP contribution in [0.15, 0.2) is 29.7 Å². The van der Waals surface area contributed by atoms with E-state index >= 15 is 0 Å². The molecule has 0 unspecified atom stereocenters. The fourth-order valence-corrected chi connectivity index (χ4v) is 3.50. The van der Waals surface area contributed by atoms with Crippen molar-refractivity contribution in [2.45, 2.75) is 0 Å². The second-order valence-corrected chi connectivity index (χ2v) is 6.87. The fourth-order valence-electron chi connectivity index (χ4n) is 1.68. The number of carbonyl (C=O) groups is 1. The van der Waals surface area contributed by atoms with Gasteiger partial charge in [0.05, 0.1) is 15.6 Å². The standard InChI is InChI=1S/C14H12INO3S2/c1-3-4-19-12-9(15)5-8(6-10(12)18-2)7-11-13(17)16-14(20)21-11/h3,5-7H,1,4H2,2H3,(H,16,17,20)/b11-7+. The Hall–Kier alpha value is -1.06. The molecule has 0 aliphatic carbocycles. The van der Waals surface area contributed by atoms with Gasteiger partial charge in [0.2, 0.25) is 0 Å². The van der Waals surface area contributed by atoms with E-state index in [1.165, 1.54) is 11.8 Å². The number of thiocarbonyl (C=S) groups is 1. The van der Waals surface area contributed by atoms with Crippen LogP contribution < -0.4 is 14.8 Å². The van der Waals surface area contributed by atoms with E-state index in [1.54, 1.807) is 19.3 Å². The zero-order valence-corrected chi connectivity index (χ0v) is 14.9. The molecule has 0 radical (unpaired) electrons. The van der Waals surface area contributed by atoms with E-state index in [0.29, 0.717) is 27.3 Å². The SMILES string of the molecule is C=CCOc1c(I)cc(/C=C2/SC(=S)NC2=O)cc1OC. The highest BCUT2D eigenvalue weighted by Gasteiger charge is 2.22. The maximum Gasteiger partial charge on any atom is 0.263 e. The second-order valence-electron chi connectivity index (χ2n) is 3.99. The molecule has 1 heterocycles. The van der Waals surface area contributed by atoms with Crippen molar-refractivity contribution in [1.29, 1.82) is 0 Å². The molecule has 0 bridgehead atoms. The Morgan fingerprint density at radius 1 is 1.52 bits per heavy atom. The number of hydrogen-bond acceptors (Lipinski definition) is 5. The highest BCUT2D eigenvalue weighted by Crippen LogP contribution is 2.35. The Kier molecular flexibility index (Phi) is 5.65. The minimum Gasteiger partial charge on any atom is -0.493 e. The Labute approximate surface area is 146 Å². The zero-order chi connectivity index (χ0) is 15.4. The van der Waals surface area contributed by atoms with Crippen molar-refractivity contribution < 1.29 is 14.3 Å². The molecule has 0 aromatic heterocycles. The van der Waals surface area contributed by atoms with Gasteiger partial charge in [-0.25, -0.2) is 0 Å². The van der Waals surface area contributed by atoms with Crippen LogP contribution in [0.3, 0.4) is 0 Å². The number of halogens is 1. The van der Waals surface area contributed by atoms with Crippen LogP contribution in [0, 0.1) is 3.57 Å². The summed E-state index contributed by atoms with van der Waals surface area (Å²) < 4.78 is 12.3. The van der Waals surface area contributed by atoms with Crippen molar-refractivity contribution in [3.63, 3.8) is 0 Å². The fraction of sp³-hybridized carbons (Fsp3) is 0.143. The highest BCUT2D eigenvalue weighted by atomic mass is 127. The van der Waals surface area contributed by atoms with Crippen molar-refractivity contribution in [3.8, 4) is 11.5 Å². The molecule has 1 amide bonds. The molecule has 0 atom stereocenters. The first kappa shape index (κ1) is 16.3. The lowest BCUT2D eigenvalue weighted by molar-refractivity contribution is -0.115. The summed E-state index contributed by atoms with van der Waals surface area (Å²) in [5, 5.41) is 2.59. The molecule has 2 rings (SSSR count). The number of ether oxygens (including phenoxy) is 2. The quantitative estimate of drug-likeness (QED) is 0.334. The number of rotatable bonds is 5. The normalized spacial score (nSPS) is 16.0. The molecule has 1 N–H and O–H groups in total. The van der Waals surface area contributed by atoms with Crippen LogP contribution in [-0.2, 0) is 4.79 Å². The predicted octanol–water partition coefficient (Wildman–Crippen LogP) is 3.35. The monoisotopic (exact) mass is 433 g/mol. The van der Waals surface area contributed by atoms with E-state index in [1.807, 2.05) is 12.1 Å². The van der Waals surface area contributed by atoms with Gasteiger partial charge in [-0.1, -0.05) is 36.6 Å².